The number of fused-ring (bicyclic) bond motifs is 1. The highest BCUT2D eigenvalue weighted by atomic mass is 127. The summed E-state index contributed by atoms with van der Waals surface area (Å²) in [6, 6.07) is 14.9. The van der Waals surface area contributed by atoms with E-state index in [1.807, 2.05) is 0 Å². The first-order valence-electron chi connectivity index (χ1n) is 5.92. The molecule has 0 fully saturated rings. The summed E-state index contributed by atoms with van der Waals surface area (Å²) in [4.78, 5) is 4.33. The average molecular weight is 353 g/mol. The normalized spacial score (nSPS) is 13.7. The summed E-state index contributed by atoms with van der Waals surface area (Å²) in [6.45, 7) is 2.63. The summed E-state index contributed by atoms with van der Waals surface area (Å²) in [6.07, 6.45) is 0. The van der Waals surface area contributed by atoms with Crippen LogP contribution in [0.15, 0.2) is 47.5 Å². The predicted molar refractivity (Wildman–Crippen MR) is 86.5 cm³/mol. The molecule has 0 aliphatic carbocycles. The van der Waals surface area contributed by atoms with Crippen LogP contribution in [0.4, 0.5) is 0 Å². The van der Waals surface area contributed by atoms with Crippen LogP contribution in [0.5, 0.6) is 0 Å². The SMILES string of the molecule is I.c1ccc2c(CNC3=NCCN3)cccc2c1. The predicted octanol–water partition coefficient (Wildman–Crippen LogP) is 2.51. The van der Waals surface area contributed by atoms with E-state index in [0.717, 1.165) is 25.6 Å². The number of aliphatic imine (C=N–C) groups is 1. The summed E-state index contributed by atoms with van der Waals surface area (Å²) in [5.41, 5.74) is 1.31. The first-order valence-corrected chi connectivity index (χ1v) is 5.92. The number of hydrogen-bond acceptors (Lipinski definition) is 3. The number of benzene rings is 2. The Morgan fingerprint density at radius 1 is 1.11 bits per heavy atom. The Bertz CT molecular complexity index is 560. The lowest BCUT2D eigenvalue weighted by molar-refractivity contribution is 0.872. The van der Waals surface area contributed by atoms with Crippen molar-refractivity contribution in [1.82, 2.24) is 10.6 Å². The van der Waals surface area contributed by atoms with Crippen molar-refractivity contribution in [1.29, 1.82) is 0 Å². The van der Waals surface area contributed by atoms with Crippen molar-refractivity contribution in [2.45, 2.75) is 6.54 Å². The van der Waals surface area contributed by atoms with Gasteiger partial charge in [0.05, 0.1) is 6.54 Å². The first kappa shape index (κ1) is 13.1. The van der Waals surface area contributed by atoms with E-state index in [-0.39, 0.29) is 24.0 Å². The maximum absolute atomic E-state index is 4.33. The van der Waals surface area contributed by atoms with E-state index in [0.29, 0.717) is 0 Å². The van der Waals surface area contributed by atoms with Gasteiger partial charge in [-0.15, -0.1) is 24.0 Å². The van der Waals surface area contributed by atoms with Gasteiger partial charge in [-0.3, -0.25) is 4.99 Å². The van der Waals surface area contributed by atoms with Gasteiger partial charge in [0.15, 0.2) is 5.96 Å². The van der Waals surface area contributed by atoms with Gasteiger partial charge in [-0.2, -0.15) is 0 Å². The van der Waals surface area contributed by atoms with Gasteiger partial charge in [0.2, 0.25) is 0 Å². The number of halogens is 1. The van der Waals surface area contributed by atoms with Gasteiger partial charge in [0.1, 0.15) is 0 Å². The Morgan fingerprint density at radius 2 is 1.94 bits per heavy atom. The Balaban J connectivity index is 0.00000120. The van der Waals surface area contributed by atoms with E-state index in [9.17, 15) is 0 Å². The minimum absolute atomic E-state index is 0. The van der Waals surface area contributed by atoms with E-state index in [4.69, 9.17) is 0 Å². The molecule has 0 bridgehead atoms. The second-order valence-electron chi connectivity index (χ2n) is 4.15. The number of hydrogen-bond donors (Lipinski definition) is 2. The minimum atomic E-state index is 0. The molecule has 1 aliphatic heterocycles. The monoisotopic (exact) mass is 353 g/mol. The van der Waals surface area contributed by atoms with Crippen LogP contribution >= 0.6 is 24.0 Å². The van der Waals surface area contributed by atoms with E-state index in [1.165, 1.54) is 16.3 Å². The summed E-state index contributed by atoms with van der Waals surface area (Å²) < 4.78 is 0. The third kappa shape index (κ3) is 2.75. The van der Waals surface area contributed by atoms with Crippen molar-refractivity contribution in [3.8, 4) is 0 Å². The van der Waals surface area contributed by atoms with Crippen molar-refractivity contribution in [2.75, 3.05) is 13.1 Å². The Morgan fingerprint density at radius 3 is 2.78 bits per heavy atom. The van der Waals surface area contributed by atoms with Crippen molar-refractivity contribution in [3.05, 3.63) is 48.0 Å². The lowest BCUT2D eigenvalue weighted by atomic mass is 10.0. The van der Waals surface area contributed by atoms with Crippen molar-refractivity contribution >= 4 is 40.7 Å². The van der Waals surface area contributed by atoms with Crippen LogP contribution in [0.2, 0.25) is 0 Å². The fourth-order valence-corrected chi connectivity index (χ4v) is 2.14. The van der Waals surface area contributed by atoms with Crippen LogP contribution in [-0.4, -0.2) is 19.0 Å². The van der Waals surface area contributed by atoms with Gasteiger partial charge in [-0.05, 0) is 16.3 Å². The summed E-state index contributed by atoms with van der Waals surface area (Å²) in [5.74, 6) is 0.915. The molecule has 3 nitrogen and oxygen atoms in total. The second-order valence-corrected chi connectivity index (χ2v) is 4.15. The molecule has 0 amide bonds. The topological polar surface area (TPSA) is 36.4 Å². The molecular formula is C14H16IN3. The fourth-order valence-electron chi connectivity index (χ4n) is 2.14. The molecule has 2 aromatic carbocycles. The van der Waals surface area contributed by atoms with Crippen molar-refractivity contribution < 1.29 is 0 Å². The highest BCUT2D eigenvalue weighted by molar-refractivity contribution is 14.0. The van der Waals surface area contributed by atoms with E-state index < -0.39 is 0 Å². The molecule has 0 saturated heterocycles. The van der Waals surface area contributed by atoms with Crippen LogP contribution in [-0.2, 0) is 6.54 Å². The Labute approximate surface area is 124 Å². The van der Waals surface area contributed by atoms with Gasteiger partial charge >= 0.3 is 0 Å². The maximum Gasteiger partial charge on any atom is 0.191 e. The number of rotatable bonds is 2. The van der Waals surface area contributed by atoms with Crippen LogP contribution in [0.1, 0.15) is 5.56 Å². The molecule has 3 rings (SSSR count). The van der Waals surface area contributed by atoms with Crippen molar-refractivity contribution in [3.63, 3.8) is 0 Å². The molecule has 94 valence electrons. The van der Waals surface area contributed by atoms with Gasteiger partial charge in [0, 0.05) is 13.1 Å². The highest BCUT2D eigenvalue weighted by Crippen LogP contribution is 2.18. The molecule has 2 aromatic rings. The highest BCUT2D eigenvalue weighted by Gasteiger charge is 2.05. The quantitative estimate of drug-likeness (QED) is 0.814. The molecule has 0 unspecified atom stereocenters. The van der Waals surface area contributed by atoms with E-state index in [2.05, 4.69) is 58.1 Å². The Kier molecular flexibility index (Phi) is 4.41. The molecule has 0 spiro atoms. The lowest BCUT2D eigenvalue weighted by Crippen LogP contribution is -2.33. The molecule has 0 aromatic heterocycles. The molecule has 0 saturated carbocycles. The number of guanidine groups is 1. The molecule has 1 heterocycles. The molecule has 18 heavy (non-hydrogen) atoms. The second kappa shape index (κ2) is 6.04. The third-order valence-corrected chi connectivity index (χ3v) is 3.00. The van der Waals surface area contributed by atoms with Gasteiger partial charge in [-0.1, -0.05) is 42.5 Å². The zero-order valence-corrected chi connectivity index (χ0v) is 12.3. The summed E-state index contributed by atoms with van der Waals surface area (Å²) in [7, 11) is 0. The van der Waals surface area contributed by atoms with E-state index >= 15 is 0 Å². The zero-order chi connectivity index (χ0) is 11.5. The third-order valence-electron chi connectivity index (χ3n) is 3.00. The molecule has 4 heteroatoms. The average Bonchev–Trinajstić information content (AvgIpc) is 2.89. The Hall–Kier alpha value is -1.30. The van der Waals surface area contributed by atoms with Crippen LogP contribution in [0.3, 0.4) is 0 Å². The van der Waals surface area contributed by atoms with E-state index in [1.54, 1.807) is 0 Å². The minimum Gasteiger partial charge on any atom is -0.355 e. The van der Waals surface area contributed by atoms with Crippen LogP contribution in [0.25, 0.3) is 10.8 Å². The number of nitrogens with one attached hydrogen (secondary N) is 2. The molecule has 2 N–H and O–H groups in total. The molecule has 0 radical (unpaired) electrons. The lowest BCUT2D eigenvalue weighted by Gasteiger charge is -2.09. The van der Waals surface area contributed by atoms with Gasteiger partial charge in [-0.25, -0.2) is 0 Å². The first-order chi connectivity index (χ1) is 8.43. The zero-order valence-electron chi connectivity index (χ0n) is 10.0. The maximum atomic E-state index is 4.33. The van der Waals surface area contributed by atoms with Gasteiger partial charge in [0.25, 0.3) is 0 Å². The molecule has 0 atom stereocenters. The largest absolute Gasteiger partial charge is 0.355 e. The van der Waals surface area contributed by atoms with Crippen molar-refractivity contribution in [2.24, 2.45) is 4.99 Å². The van der Waals surface area contributed by atoms with Crippen LogP contribution in [0, 0.1) is 0 Å². The summed E-state index contributed by atoms with van der Waals surface area (Å²) in [5, 5.41) is 9.13. The number of nitrogens with zero attached hydrogens (tertiary/aromatic N) is 1. The summed E-state index contributed by atoms with van der Waals surface area (Å²) >= 11 is 0. The molecule has 1 aliphatic rings. The van der Waals surface area contributed by atoms with Gasteiger partial charge < -0.3 is 10.6 Å². The molecular weight excluding hydrogens is 337 g/mol. The standard InChI is InChI=1S/C14H15N3.HI/c1-2-7-13-11(4-1)5-3-6-12(13)10-17-14-15-8-9-16-14;/h1-7H,8-10H2,(H2,15,16,17);1H. The smallest absolute Gasteiger partial charge is 0.191 e. The van der Waals surface area contributed by atoms with Crippen LogP contribution < -0.4 is 10.6 Å². The fraction of sp³-hybridized carbons (Fsp3) is 0.214.